The Kier molecular flexibility index (Phi) is 2.88. The van der Waals surface area contributed by atoms with Crippen molar-refractivity contribution in [3.63, 3.8) is 0 Å². The number of carboxylic acid groups (broad SMARTS) is 1. The average molecular weight is 274 g/mol. The second-order valence-electron chi connectivity index (χ2n) is 5.61. The van der Waals surface area contributed by atoms with Crippen molar-refractivity contribution in [2.24, 2.45) is 0 Å². The largest absolute Gasteiger partial charge is 0.480 e. The highest BCUT2D eigenvalue weighted by Gasteiger charge is 2.42. The molecule has 0 spiro atoms. The molecule has 1 N–H and O–H groups in total. The predicted octanol–water partition coefficient (Wildman–Crippen LogP) is 1.87. The molecule has 0 radical (unpaired) electrons. The minimum atomic E-state index is -0.884. The van der Waals surface area contributed by atoms with Crippen LogP contribution in [0.15, 0.2) is 18.5 Å². The van der Waals surface area contributed by atoms with Gasteiger partial charge in [0.05, 0.1) is 0 Å². The number of pyridine rings is 1. The quantitative estimate of drug-likeness (QED) is 0.905. The topological polar surface area (TPSA) is 70.7 Å². The van der Waals surface area contributed by atoms with Gasteiger partial charge in [0.1, 0.15) is 17.7 Å². The number of anilines is 1. The van der Waals surface area contributed by atoms with Crippen LogP contribution in [0.2, 0.25) is 0 Å². The first-order valence-corrected chi connectivity index (χ1v) is 6.84. The van der Waals surface area contributed by atoms with Gasteiger partial charge in [-0.15, -0.1) is 0 Å². The fourth-order valence-electron chi connectivity index (χ4n) is 2.94. The number of carboxylic acids is 1. The lowest BCUT2D eigenvalue weighted by Crippen LogP contribution is -2.56. The maximum atomic E-state index is 11.7. The standard InChI is InChI=1S/C14H18N4O2/c1-10-7-11-15-9-16-18(11)12(8-10)17-6-4-3-5-14(17,2)13(19)20/h7-9H,3-6H2,1-2H3,(H,19,20). The summed E-state index contributed by atoms with van der Waals surface area (Å²) >= 11 is 0. The van der Waals surface area contributed by atoms with Crippen LogP contribution in [0.1, 0.15) is 31.7 Å². The van der Waals surface area contributed by atoms with Crippen molar-refractivity contribution in [1.29, 1.82) is 0 Å². The highest BCUT2D eigenvalue weighted by molar-refractivity contribution is 5.83. The first kappa shape index (κ1) is 12.9. The smallest absolute Gasteiger partial charge is 0.329 e. The van der Waals surface area contributed by atoms with Crippen LogP contribution in [0, 0.1) is 6.92 Å². The van der Waals surface area contributed by atoms with Gasteiger partial charge in [0.2, 0.25) is 0 Å². The molecule has 0 amide bonds. The number of fused-ring (bicyclic) bond motifs is 1. The number of aryl methyl sites for hydroxylation is 1. The van der Waals surface area contributed by atoms with E-state index in [2.05, 4.69) is 10.1 Å². The normalized spacial score (nSPS) is 23.2. The number of hydrogen-bond donors (Lipinski definition) is 1. The zero-order valence-electron chi connectivity index (χ0n) is 11.7. The van der Waals surface area contributed by atoms with Gasteiger partial charge in [0.15, 0.2) is 5.65 Å². The molecule has 1 atom stereocenters. The molecular weight excluding hydrogens is 256 g/mol. The summed E-state index contributed by atoms with van der Waals surface area (Å²) in [4.78, 5) is 17.9. The Morgan fingerprint density at radius 1 is 1.40 bits per heavy atom. The zero-order valence-corrected chi connectivity index (χ0v) is 11.7. The first-order valence-electron chi connectivity index (χ1n) is 6.84. The Labute approximate surface area is 117 Å². The molecule has 0 aromatic carbocycles. The average Bonchev–Trinajstić information content (AvgIpc) is 2.86. The molecule has 6 heteroatoms. The number of aliphatic carboxylic acids is 1. The number of aromatic nitrogens is 3. The summed E-state index contributed by atoms with van der Waals surface area (Å²) in [5.74, 6) is 0.0223. The molecule has 20 heavy (non-hydrogen) atoms. The molecule has 1 unspecified atom stereocenters. The van der Waals surface area contributed by atoms with Crippen LogP contribution in [-0.2, 0) is 4.79 Å². The number of hydrogen-bond acceptors (Lipinski definition) is 4. The SMILES string of the molecule is Cc1cc(N2CCCCC2(C)C(=O)O)n2ncnc2c1. The van der Waals surface area contributed by atoms with Crippen LogP contribution in [-0.4, -0.2) is 37.8 Å². The zero-order chi connectivity index (χ0) is 14.3. The Hall–Kier alpha value is -2.11. The van der Waals surface area contributed by atoms with Crippen LogP contribution in [0.4, 0.5) is 5.82 Å². The van der Waals surface area contributed by atoms with Crippen molar-refractivity contribution in [3.05, 3.63) is 24.0 Å². The predicted molar refractivity (Wildman–Crippen MR) is 75.0 cm³/mol. The molecule has 1 aliphatic heterocycles. The van der Waals surface area contributed by atoms with Crippen LogP contribution in [0.3, 0.4) is 0 Å². The molecule has 1 saturated heterocycles. The third-order valence-corrected chi connectivity index (χ3v) is 4.13. The Bertz CT molecular complexity index is 666. The van der Waals surface area contributed by atoms with E-state index in [1.54, 1.807) is 11.4 Å². The van der Waals surface area contributed by atoms with Gasteiger partial charge in [-0.3, -0.25) is 0 Å². The van der Waals surface area contributed by atoms with Gasteiger partial charge in [-0.2, -0.15) is 9.61 Å². The minimum Gasteiger partial charge on any atom is -0.480 e. The van der Waals surface area contributed by atoms with Crippen molar-refractivity contribution >= 4 is 17.4 Å². The van der Waals surface area contributed by atoms with Crippen LogP contribution in [0.5, 0.6) is 0 Å². The maximum absolute atomic E-state index is 11.7. The summed E-state index contributed by atoms with van der Waals surface area (Å²) in [5.41, 5.74) is 0.919. The lowest BCUT2D eigenvalue weighted by Gasteiger charge is -2.43. The van der Waals surface area contributed by atoms with Crippen LogP contribution >= 0.6 is 0 Å². The van der Waals surface area contributed by atoms with Gasteiger partial charge in [-0.1, -0.05) is 0 Å². The fourth-order valence-corrected chi connectivity index (χ4v) is 2.94. The van der Waals surface area contributed by atoms with Crippen LogP contribution < -0.4 is 4.90 Å². The lowest BCUT2D eigenvalue weighted by atomic mass is 9.88. The maximum Gasteiger partial charge on any atom is 0.329 e. The Morgan fingerprint density at radius 2 is 2.20 bits per heavy atom. The molecule has 0 saturated carbocycles. The van der Waals surface area contributed by atoms with Gasteiger partial charge in [-0.05, 0) is 50.8 Å². The summed E-state index contributed by atoms with van der Waals surface area (Å²) in [5, 5.41) is 13.9. The minimum absolute atomic E-state index is 0.645. The van der Waals surface area contributed by atoms with E-state index in [1.807, 2.05) is 24.0 Å². The summed E-state index contributed by atoms with van der Waals surface area (Å²) in [6.07, 6.45) is 4.07. The second kappa shape index (κ2) is 4.47. The fraction of sp³-hybridized carbons (Fsp3) is 0.500. The van der Waals surface area contributed by atoms with Crippen molar-refractivity contribution in [3.8, 4) is 0 Å². The molecule has 2 aromatic heterocycles. The Balaban J connectivity index is 2.17. The van der Waals surface area contributed by atoms with Gasteiger partial charge < -0.3 is 10.0 Å². The van der Waals surface area contributed by atoms with Gasteiger partial charge in [-0.25, -0.2) is 9.78 Å². The van der Waals surface area contributed by atoms with E-state index in [4.69, 9.17) is 0 Å². The molecular formula is C14H18N4O2. The molecule has 6 nitrogen and oxygen atoms in total. The van der Waals surface area contributed by atoms with Gasteiger partial charge in [0, 0.05) is 6.54 Å². The van der Waals surface area contributed by atoms with Gasteiger partial charge in [0.25, 0.3) is 0 Å². The second-order valence-corrected chi connectivity index (χ2v) is 5.61. The monoisotopic (exact) mass is 274 g/mol. The molecule has 2 aromatic rings. The highest BCUT2D eigenvalue weighted by Crippen LogP contribution is 2.33. The molecule has 3 rings (SSSR count). The molecule has 1 aliphatic rings. The highest BCUT2D eigenvalue weighted by atomic mass is 16.4. The van der Waals surface area contributed by atoms with E-state index in [-0.39, 0.29) is 0 Å². The van der Waals surface area contributed by atoms with E-state index in [1.165, 1.54) is 6.33 Å². The summed E-state index contributed by atoms with van der Waals surface area (Å²) in [7, 11) is 0. The summed E-state index contributed by atoms with van der Waals surface area (Å²) < 4.78 is 1.72. The molecule has 0 bridgehead atoms. The van der Waals surface area contributed by atoms with Crippen molar-refractivity contribution < 1.29 is 9.90 Å². The lowest BCUT2D eigenvalue weighted by molar-refractivity contribution is -0.143. The summed E-state index contributed by atoms with van der Waals surface area (Å²) in [6.45, 7) is 4.50. The van der Waals surface area contributed by atoms with E-state index in [9.17, 15) is 9.90 Å². The Morgan fingerprint density at radius 3 is 2.95 bits per heavy atom. The third kappa shape index (κ3) is 1.83. The van der Waals surface area contributed by atoms with E-state index >= 15 is 0 Å². The van der Waals surface area contributed by atoms with Gasteiger partial charge >= 0.3 is 5.97 Å². The summed E-state index contributed by atoms with van der Waals surface area (Å²) in [6, 6.07) is 3.92. The van der Waals surface area contributed by atoms with E-state index in [0.29, 0.717) is 6.42 Å². The first-order chi connectivity index (χ1) is 9.52. The van der Waals surface area contributed by atoms with Crippen molar-refractivity contribution in [2.75, 3.05) is 11.4 Å². The molecule has 0 aliphatic carbocycles. The van der Waals surface area contributed by atoms with Crippen LogP contribution in [0.25, 0.3) is 5.65 Å². The molecule has 1 fully saturated rings. The molecule has 106 valence electrons. The third-order valence-electron chi connectivity index (χ3n) is 4.13. The number of nitrogens with zero attached hydrogens (tertiary/aromatic N) is 4. The van der Waals surface area contributed by atoms with E-state index in [0.717, 1.165) is 36.4 Å². The van der Waals surface area contributed by atoms with E-state index < -0.39 is 11.5 Å². The number of carbonyl (C=O) groups is 1. The van der Waals surface area contributed by atoms with Crippen molar-refractivity contribution in [2.45, 2.75) is 38.6 Å². The number of rotatable bonds is 2. The molecule has 3 heterocycles. The van der Waals surface area contributed by atoms with Crippen molar-refractivity contribution in [1.82, 2.24) is 14.6 Å². The number of piperidine rings is 1.